The summed E-state index contributed by atoms with van der Waals surface area (Å²) in [6.45, 7) is 2.25. The van der Waals surface area contributed by atoms with Gasteiger partial charge in [-0.05, 0) is 19.1 Å². The van der Waals surface area contributed by atoms with Crippen LogP contribution in [0, 0.1) is 10.1 Å². The first kappa shape index (κ1) is 14.5. The van der Waals surface area contributed by atoms with Gasteiger partial charge in [-0.25, -0.2) is 4.79 Å². The van der Waals surface area contributed by atoms with Gasteiger partial charge in [-0.15, -0.1) is 0 Å². The number of carboxylic acid groups (broad SMARTS) is 1. The Kier molecular flexibility index (Phi) is 4.17. The number of para-hydroxylation sites is 1. The molecule has 0 fully saturated rings. The first-order valence-corrected chi connectivity index (χ1v) is 6.23. The van der Waals surface area contributed by atoms with E-state index in [1.165, 1.54) is 18.2 Å². The average molecular weight is 290 g/mol. The van der Waals surface area contributed by atoms with E-state index in [2.05, 4.69) is 10.4 Å². The van der Waals surface area contributed by atoms with Crippen molar-refractivity contribution in [3.63, 3.8) is 0 Å². The van der Waals surface area contributed by atoms with Gasteiger partial charge >= 0.3 is 5.97 Å². The van der Waals surface area contributed by atoms with Crippen molar-refractivity contribution < 1.29 is 14.8 Å². The van der Waals surface area contributed by atoms with Crippen LogP contribution in [0.1, 0.15) is 17.3 Å². The zero-order valence-corrected chi connectivity index (χ0v) is 11.3. The second kappa shape index (κ2) is 6.04. The van der Waals surface area contributed by atoms with E-state index >= 15 is 0 Å². The molecule has 0 aliphatic carbocycles. The molecule has 1 atom stereocenters. The Balaban J connectivity index is 2.28. The molecule has 110 valence electrons. The average Bonchev–Trinajstić information content (AvgIpc) is 2.91. The summed E-state index contributed by atoms with van der Waals surface area (Å²) in [7, 11) is 0. The van der Waals surface area contributed by atoms with Crippen LogP contribution >= 0.6 is 0 Å². The maximum atomic E-state index is 11.2. The number of aromatic carboxylic acids is 1. The predicted molar refractivity (Wildman–Crippen MR) is 75.4 cm³/mol. The van der Waals surface area contributed by atoms with Crippen LogP contribution in [0.2, 0.25) is 0 Å². The Bertz CT molecular complexity index is 622. The van der Waals surface area contributed by atoms with Gasteiger partial charge in [-0.2, -0.15) is 5.10 Å². The molecule has 0 saturated heterocycles. The van der Waals surface area contributed by atoms with Crippen LogP contribution in [0.15, 0.2) is 36.7 Å². The quantitative estimate of drug-likeness (QED) is 0.621. The van der Waals surface area contributed by atoms with Crippen LogP contribution < -0.4 is 5.32 Å². The number of carbonyl (C=O) groups is 1. The van der Waals surface area contributed by atoms with E-state index < -0.39 is 10.9 Å². The molecular formula is C13H14N4O4. The molecule has 1 heterocycles. The highest BCUT2D eigenvalue weighted by molar-refractivity contribution is 5.96. The summed E-state index contributed by atoms with van der Waals surface area (Å²) in [5.74, 6) is -1.22. The number of rotatable bonds is 6. The zero-order chi connectivity index (χ0) is 15.4. The predicted octanol–water partition coefficient (Wildman–Crippen LogP) is 1.99. The van der Waals surface area contributed by atoms with Crippen LogP contribution in [0.4, 0.5) is 11.4 Å². The van der Waals surface area contributed by atoms with Gasteiger partial charge in [0.05, 0.1) is 17.0 Å². The van der Waals surface area contributed by atoms with Crippen molar-refractivity contribution in [3.05, 3.63) is 52.3 Å². The molecule has 0 spiro atoms. The fraction of sp³-hybridized carbons (Fsp3) is 0.231. The molecule has 1 aromatic carbocycles. The van der Waals surface area contributed by atoms with Gasteiger partial charge in [0.2, 0.25) is 0 Å². The van der Waals surface area contributed by atoms with Crippen LogP contribution in [0.5, 0.6) is 0 Å². The third-order valence-electron chi connectivity index (χ3n) is 2.88. The number of aromatic nitrogens is 2. The van der Waals surface area contributed by atoms with Crippen molar-refractivity contribution in [2.24, 2.45) is 0 Å². The highest BCUT2D eigenvalue weighted by atomic mass is 16.6. The molecule has 0 aliphatic heterocycles. The molecule has 1 aromatic heterocycles. The molecule has 2 aromatic rings. The Hall–Kier alpha value is -2.90. The van der Waals surface area contributed by atoms with Crippen LogP contribution in [0.25, 0.3) is 0 Å². The summed E-state index contributed by atoms with van der Waals surface area (Å²) < 4.78 is 1.66. The van der Waals surface area contributed by atoms with Crippen LogP contribution in [0.3, 0.4) is 0 Å². The Morgan fingerprint density at radius 1 is 1.52 bits per heavy atom. The second-order valence-corrected chi connectivity index (χ2v) is 4.54. The molecule has 2 N–H and O–H groups in total. The monoisotopic (exact) mass is 290 g/mol. The molecule has 0 radical (unpaired) electrons. The number of nitro groups is 1. The number of anilines is 1. The van der Waals surface area contributed by atoms with Gasteiger partial charge in [0.1, 0.15) is 5.69 Å². The van der Waals surface area contributed by atoms with Crippen molar-refractivity contribution >= 4 is 17.3 Å². The van der Waals surface area contributed by atoms with E-state index in [0.29, 0.717) is 6.54 Å². The number of carboxylic acids is 1. The van der Waals surface area contributed by atoms with Gasteiger partial charge in [-0.3, -0.25) is 14.8 Å². The van der Waals surface area contributed by atoms with Gasteiger partial charge < -0.3 is 10.4 Å². The van der Waals surface area contributed by atoms with Crippen LogP contribution in [-0.4, -0.2) is 31.8 Å². The maximum absolute atomic E-state index is 11.2. The molecule has 0 aliphatic rings. The maximum Gasteiger partial charge on any atom is 0.338 e. The van der Waals surface area contributed by atoms with E-state index in [-0.39, 0.29) is 23.0 Å². The summed E-state index contributed by atoms with van der Waals surface area (Å²) in [4.78, 5) is 21.7. The molecule has 0 bridgehead atoms. The first-order valence-electron chi connectivity index (χ1n) is 6.23. The third kappa shape index (κ3) is 3.35. The lowest BCUT2D eigenvalue weighted by atomic mass is 10.1. The van der Waals surface area contributed by atoms with E-state index in [4.69, 9.17) is 5.11 Å². The fourth-order valence-electron chi connectivity index (χ4n) is 2.00. The lowest BCUT2D eigenvalue weighted by Crippen LogP contribution is -2.24. The first-order chi connectivity index (χ1) is 9.99. The molecule has 0 saturated carbocycles. The number of nitrogens with one attached hydrogen (secondary N) is 1. The Morgan fingerprint density at radius 3 is 2.86 bits per heavy atom. The minimum atomic E-state index is -1.22. The van der Waals surface area contributed by atoms with E-state index in [0.717, 1.165) is 0 Å². The summed E-state index contributed by atoms with van der Waals surface area (Å²) >= 11 is 0. The Labute approximate surface area is 120 Å². The highest BCUT2D eigenvalue weighted by Gasteiger charge is 2.22. The topological polar surface area (TPSA) is 110 Å². The summed E-state index contributed by atoms with van der Waals surface area (Å²) in [6, 6.07) is 5.49. The number of nitrogens with zero attached hydrogens (tertiary/aromatic N) is 3. The molecule has 1 unspecified atom stereocenters. The summed E-state index contributed by atoms with van der Waals surface area (Å²) in [5.41, 5.74) is -0.381. The standard InChI is InChI=1S/C13H14N4O4/c1-9(8-16-7-3-6-14-16)15-12-10(13(18)19)4-2-5-11(12)17(20)21/h2-7,9,15H,8H2,1H3,(H,18,19). The summed E-state index contributed by atoms with van der Waals surface area (Å²) in [5, 5.41) is 27.1. The molecule has 8 nitrogen and oxygen atoms in total. The van der Waals surface area contributed by atoms with Gasteiger partial charge in [0, 0.05) is 24.5 Å². The molecule has 2 rings (SSSR count). The third-order valence-corrected chi connectivity index (χ3v) is 2.88. The minimum absolute atomic E-state index is 0.00894. The Morgan fingerprint density at radius 2 is 2.29 bits per heavy atom. The molecule has 21 heavy (non-hydrogen) atoms. The minimum Gasteiger partial charge on any atom is -0.478 e. The van der Waals surface area contributed by atoms with Gasteiger partial charge in [0.25, 0.3) is 5.69 Å². The van der Waals surface area contributed by atoms with E-state index in [1.54, 1.807) is 30.1 Å². The summed E-state index contributed by atoms with van der Waals surface area (Å²) in [6.07, 6.45) is 3.38. The van der Waals surface area contributed by atoms with Crippen molar-refractivity contribution in [1.82, 2.24) is 9.78 Å². The fourth-order valence-corrected chi connectivity index (χ4v) is 2.00. The highest BCUT2D eigenvalue weighted by Crippen LogP contribution is 2.29. The second-order valence-electron chi connectivity index (χ2n) is 4.54. The van der Waals surface area contributed by atoms with E-state index in [9.17, 15) is 14.9 Å². The smallest absolute Gasteiger partial charge is 0.338 e. The van der Waals surface area contributed by atoms with E-state index in [1.807, 2.05) is 0 Å². The van der Waals surface area contributed by atoms with Gasteiger partial charge in [-0.1, -0.05) is 6.07 Å². The zero-order valence-electron chi connectivity index (χ0n) is 11.3. The number of hydrogen-bond donors (Lipinski definition) is 2. The SMILES string of the molecule is CC(Cn1cccn1)Nc1c(C(=O)O)cccc1[N+](=O)[O-]. The lowest BCUT2D eigenvalue weighted by molar-refractivity contribution is -0.384. The van der Waals surface area contributed by atoms with Crippen molar-refractivity contribution in [1.29, 1.82) is 0 Å². The number of benzene rings is 1. The van der Waals surface area contributed by atoms with Crippen molar-refractivity contribution in [2.75, 3.05) is 5.32 Å². The molecular weight excluding hydrogens is 276 g/mol. The molecule has 0 amide bonds. The largest absolute Gasteiger partial charge is 0.478 e. The van der Waals surface area contributed by atoms with Crippen molar-refractivity contribution in [2.45, 2.75) is 19.5 Å². The lowest BCUT2D eigenvalue weighted by Gasteiger charge is -2.16. The van der Waals surface area contributed by atoms with Crippen molar-refractivity contribution in [3.8, 4) is 0 Å². The number of nitro benzene ring substituents is 1. The normalized spacial score (nSPS) is 11.9. The number of hydrogen-bond acceptors (Lipinski definition) is 5. The molecule has 8 heteroatoms. The van der Waals surface area contributed by atoms with Crippen LogP contribution in [-0.2, 0) is 6.54 Å². The van der Waals surface area contributed by atoms with Gasteiger partial charge in [0.15, 0.2) is 0 Å².